The Kier molecular flexibility index (Phi) is 5.42. The van der Waals surface area contributed by atoms with Crippen molar-refractivity contribution < 1.29 is 18.7 Å². The summed E-state index contributed by atoms with van der Waals surface area (Å²) in [4.78, 5) is 39.5. The van der Waals surface area contributed by atoms with Gasteiger partial charge in [-0.05, 0) is 56.4 Å². The van der Waals surface area contributed by atoms with E-state index < -0.39 is 23.1 Å². The number of aryl methyl sites for hydroxylation is 2. The standard InChI is InChI=1S/C22H21FN2O4S/c1-3-29-22(28)18-13-6-4-5-7-17(13)30-21(18)24-20(27)15-11-25(2)16-9-8-12(23)10-14(16)19(15)26/h8-11H,3-7H2,1-2H3,(H,24,27). The molecule has 0 radical (unpaired) electrons. The van der Waals surface area contributed by atoms with E-state index in [9.17, 15) is 18.8 Å². The van der Waals surface area contributed by atoms with Gasteiger partial charge in [0.1, 0.15) is 16.4 Å². The molecule has 156 valence electrons. The van der Waals surface area contributed by atoms with Crippen LogP contribution in [0, 0.1) is 5.82 Å². The summed E-state index contributed by atoms with van der Waals surface area (Å²) in [5.41, 5.74) is 1.16. The number of esters is 1. The minimum atomic E-state index is -0.633. The van der Waals surface area contributed by atoms with Crippen molar-refractivity contribution in [1.29, 1.82) is 0 Å². The number of aromatic nitrogens is 1. The Morgan fingerprint density at radius 2 is 2.03 bits per heavy atom. The maximum atomic E-state index is 13.7. The molecule has 1 amide bonds. The number of hydrogen-bond donors (Lipinski definition) is 1. The Labute approximate surface area is 176 Å². The van der Waals surface area contributed by atoms with Crippen LogP contribution in [0.15, 0.2) is 29.2 Å². The number of benzene rings is 1. The van der Waals surface area contributed by atoms with Crippen molar-refractivity contribution in [2.75, 3.05) is 11.9 Å². The average Bonchev–Trinajstić information content (AvgIpc) is 3.08. The van der Waals surface area contributed by atoms with E-state index in [1.807, 2.05) is 0 Å². The lowest BCUT2D eigenvalue weighted by Crippen LogP contribution is -2.24. The molecule has 1 aliphatic rings. The van der Waals surface area contributed by atoms with Crippen molar-refractivity contribution in [3.05, 3.63) is 62.0 Å². The Bertz CT molecular complexity index is 1230. The predicted molar refractivity (Wildman–Crippen MR) is 114 cm³/mol. The van der Waals surface area contributed by atoms with Crippen LogP contribution in [0.3, 0.4) is 0 Å². The summed E-state index contributed by atoms with van der Waals surface area (Å²) < 4.78 is 20.5. The fraction of sp³-hybridized carbons (Fsp3) is 0.318. The first-order valence-electron chi connectivity index (χ1n) is 9.82. The van der Waals surface area contributed by atoms with Gasteiger partial charge in [0, 0.05) is 23.5 Å². The zero-order chi connectivity index (χ0) is 21.4. The molecule has 1 aromatic carbocycles. The lowest BCUT2D eigenvalue weighted by molar-refractivity contribution is 0.0526. The number of fused-ring (bicyclic) bond motifs is 2. The number of rotatable bonds is 4. The molecule has 0 bridgehead atoms. The second-order valence-electron chi connectivity index (χ2n) is 7.23. The zero-order valence-electron chi connectivity index (χ0n) is 16.7. The second-order valence-corrected chi connectivity index (χ2v) is 8.34. The lowest BCUT2D eigenvalue weighted by Gasteiger charge is -2.12. The smallest absolute Gasteiger partial charge is 0.341 e. The minimum absolute atomic E-state index is 0.114. The summed E-state index contributed by atoms with van der Waals surface area (Å²) in [6.07, 6.45) is 5.03. The van der Waals surface area contributed by atoms with Crippen molar-refractivity contribution in [3.63, 3.8) is 0 Å². The zero-order valence-corrected chi connectivity index (χ0v) is 17.5. The topological polar surface area (TPSA) is 77.4 Å². The Morgan fingerprint density at radius 1 is 1.27 bits per heavy atom. The predicted octanol–water partition coefficient (Wildman–Crippen LogP) is 4.05. The number of ether oxygens (including phenoxy) is 1. The van der Waals surface area contributed by atoms with Gasteiger partial charge in [0.2, 0.25) is 5.43 Å². The van der Waals surface area contributed by atoms with Crippen LogP contribution in [0.4, 0.5) is 9.39 Å². The van der Waals surface area contributed by atoms with Gasteiger partial charge in [0.25, 0.3) is 5.91 Å². The number of pyridine rings is 1. The fourth-order valence-electron chi connectivity index (χ4n) is 3.87. The fourth-order valence-corrected chi connectivity index (χ4v) is 5.14. The molecule has 8 heteroatoms. The molecule has 0 atom stereocenters. The third-order valence-electron chi connectivity index (χ3n) is 5.27. The average molecular weight is 428 g/mol. The van der Waals surface area contributed by atoms with Crippen molar-refractivity contribution in [2.24, 2.45) is 7.05 Å². The van der Waals surface area contributed by atoms with Gasteiger partial charge in [0.05, 0.1) is 17.7 Å². The molecule has 2 heterocycles. The first-order valence-corrected chi connectivity index (χ1v) is 10.6. The van der Waals surface area contributed by atoms with Crippen LogP contribution in [-0.4, -0.2) is 23.1 Å². The highest BCUT2D eigenvalue weighted by molar-refractivity contribution is 7.17. The number of halogens is 1. The van der Waals surface area contributed by atoms with E-state index in [2.05, 4.69) is 5.32 Å². The van der Waals surface area contributed by atoms with Crippen LogP contribution < -0.4 is 10.7 Å². The molecule has 6 nitrogen and oxygen atoms in total. The van der Waals surface area contributed by atoms with E-state index in [-0.39, 0.29) is 17.6 Å². The van der Waals surface area contributed by atoms with Gasteiger partial charge in [0.15, 0.2) is 0 Å². The van der Waals surface area contributed by atoms with Crippen LogP contribution in [0.5, 0.6) is 0 Å². The van der Waals surface area contributed by atoms with E-state index >= 15 is 0 Å². The van der Waals surface area contributed by atoms with Crippen molar-refractivity contribution in [2.45, 2.75) is 32.6 Å². The van der Waals surface area contributed by atoms with E-state index in [0.717, 1.165) is 42.2 Å². The maximum absolute atomic E-state index is 13.7. The number of anilines is 1. The highest BCUT2D eigenvalue weighted by Gasteiger charge is 2.28. The molecule has 1 N–H and O–H groups in total. The summed E-state index contributed by atoms with van der Waals surface area (Å²) in [5, 5.41) is 3.26. The monoisotopic (exact) mass is 428 g/mol. The summed E-state index contributed by atoms with van der Waals surface area (Å²) in [7, 11) is 1.68. The lowest BCUT2D eigenvalue weighted by atomic mass is 9.95. The summed E-state index contributed by atoms with van der Waals surface area (Å²) in [6, 6.07) is 3.89. The van der Waals surface area contributed by atoms with Gasteiger partial charge in [-0.2, -0.15) is 0 Å². The molecule has 3 aromatic rings. The van der Waals surface area contributed by atoms with Crippen molar-refractivity contribution in [3.8, 4) is 0 Å². The first kappa shape index (κ1) is 20.3. The number of carbonyl (C=O) groups excluding carboxylic acids is 2. The first-order chi connectivity index (χ1) is 14.4. The number of amides is 1. The van der Waals surface area contributed by atoms with E-state index in [1.165, 1.54) is 29.7 Å². The van der Waals surface area contributed by atoms with Crippen LogP contribution >= 0.6 is 11.3 Å². The molecule has 2 aromatic heterocycles. The third-order valence-corrected chi connectivity index (χ3v) is 6.48. The molecule has 1 aliphatic carbocycles. The summed E-state index contributed by atoms with van der Waals surface area (Å²) >= 11 is 1.35. The molecule has 0 saturated heterocycles. The number of thiophene rings is 1. The van der Waals surface area contributed by atoms with Crippen LogP contribution in [0.1, 0.15) is 50.9 Å². The van der Waals surface area contributed by atoms with Crippen LogP contribution in [0.25, 0.3) is 10.9 Å². The Hall–Kier alpha value is -3.00. The highest BCUT2D eigenvalue weighted by Crippen LogP contribution is 2.38. The van der Waals surface area contributed by atoms with E-state index in [4.69, 9.17) is 4.74 Å². The SMILES string of the molecule is CCOC(=O)c1c(NC(=O)c2cn(C)c3ccc(F)cc3c2=O)sc2c1CCCC2. The number of carbonyl (C=O) groups is 2. The largest absolute Gasteiger partial charge is 0.462 e. The number of nitrogens with zero attached hydrogens (tertiary/aromatic N) is 1. The van der Waals surface area contributed by atoms with Gasteiger partial charge in [-0.3, -0.25) is 9.59 Å². The van der Waals surface area contributed by atoms with Crippen LogP contribution in [0.2, 0.25) is 0 Å². The maximum Gasteiger partial charge on any atom is 0.341 e. The molecule has 30 heavy (non-hydrogen) atoms. The van der Waals surface area contributed by atoms with E-state index in [0.29, 0.717) is 16.1 Å². The molecular weight excluding hydrogens is 407 g/mol. The minimum Gasteiger partial charge on any atom is -0.462 e. The molecule has 0 fully saturated rings. The summed E-state index contributed by atoms with van der Waals surface area (Å²) in [6.45, 7) is 1.96. The van der Waals surface area contributed by atoms with Crippen molar-refractivity contribution in [1.82, 2.24) is 4.57 Å². The molecule has 0 unspecified atom stereocenters. The normalized spacial score (nSPS) is 13.2. The highest BCUT2D eigenvalue weighted by atomic mass is 32.1. The van der Waals surface area contributed by atoms with Gasteiger partial charge < -0.3 is 14.6 Å². The van der Waals surface area contributed by atoms with Gasteiger partial charge >= 0.3 is 5.97 Å². The molecule has 0 spiro atoms. The van der Waals surface area contributed by atoms with Gasteiger partial charge in [-0.25, -0.2) is 9.18 Å². The van der Waals surface area contributed by atoms with Crippen molar-refractivity contribution >= 4 is 39.1 Å². The van der Waals surface area contributed by atoms with Gasteiger partial charge in [-0.1, -0.05) is 0 Å². The van der Waals surface area contributed by atoms with Gasteiger partial charge in [-0.15, -0.1) is 11.3 Å². The molecular formula is C22H21FN2O4S. The Balaban J connectivity index is 1.76. The molecule has 0 saturated carbocycles. The number of nitrogens with one attached hydrogen (secondary N) is 1. The third kappa shape index (κ3) is 3.52. The molecule has 4 rings (SSSR count). The second kappa shape index (κ2) is 8.02. The quantitative estimate of drug-likeness (QED) is 0.636. The molecule has 0 aliphatic heterocycles. The van der Waals surface area contributed by atoms with Crippen LogP contribution in [-0.2, 0) is 24.6 Å². The number of hydrogen-bond acceptors (Lipinski definition) is 5. The Morgan fingerprint density at radius 3 is 2.80 bits per heavy atom. The summed E-state index contributed by atoms with van der Waals surface area (Å²) in [5.74, 6) is -1.65. The van der Waals surface area contributed by atoms with E-state index in [1.54, 1.807) is 18.5 Å².